The van der Waals surface area contributed by atoms with E-state index in [1.165, 1.54) is 57.8 Å². The summed E-state index contributed by atoms with van der Waals surface area (Å²) in [5, 5.41) is 16.3. The van der Waals surface area contributed by atoms with E-state index in [4.69, 9.17) is 10.2 Å². The van der Waals surface area contributed by atoms with Crippen LogP contribution in [0.25, 0.3) is 0 Å². The molecule has 0 unspecified atom stereocenters. The number of carbonyl (C=O) groups is 1. The highest BCUT2D eigenvalue weighted by molar-refractivity contribution is 5.66. The maximum Gasteiger partial charge on any atom is 0.303 e. The van der Waals surface area contributed by atoms with Crippen LogP contribution in [-0.4, -0.2) is 22.8 Å². The van der Waals surface area contributed by atoms with Crippen LogP contribution in [0.2, 0.25) is 0 Å². The quantitative estimate of drug-likeness (QED) is 0.460. The minimum atomic E-state index is -0.657. The summed E-state index contributed by atoms with van der Waals surface area (Å²) in [5.41, 5.74) is 0. The Kier molecular flexibility index (Phi) is 22.5. The van der Waals surface area contributed by atoms with E-state index in [1.807, 2.05) is 6.92 Å². The van der Waals surface area contributed by atoms with E-state index < -0.39 is 5.97 Å². The van der Waals surface area contributed by atoms with Crippen molar-refractivity contribution in [1.82, 2.24) is 0 Å². The summed E-state index contributed by atoms with van der Waals surface area (Å²) in [6, 6.07) is 0. The molecule has 0 saturated carbocycles. The van der Waals surface area contributed by atoms with Gasteiger partial charge in [0.15, 0.2) is 0 Å². The van der Waals surface area contributed by atoms with Crippen molar-refractivity contribution in [3.05, 3.63) is 0 Å². The number of hydrogen-bond acceptors (Lipinski definition) is 2. The van der Waals surface area contributed by atoms with E-state index in [0.717, 1.165) is 19.3 Å². The van der Waals surface area contributed by atoms with E-state index >= 15 is 0 Å². The van der Waals surface area contributed by atoms with Crippen molar-refractivity contribution in [2.24, 2.45) is 0 Å². The number of aliphatic hydroxyl groups is 1. The molecular weight excluding hydrogens is 252 g/mol. The summed E-state index contributed by atoms with van der Waals surface area (Å²) < 4.78 is 0. The van der Waals surface area contributed by atoms with Gasteiger partial charge in [-0.1, -0.05) is 78.1 Å². The maximum atomic E-state index is 10.3. The predicted octanol–water partition coefficient (Wildman–Crippen LogP) is 5.16. The smallest absolute Gasteiger partial charge is 0.303 e. The number of aliphatic carboxylic acids is 1. The summed E-state index contributed by atoms with van der Waals surface area (Å²) >= 11 is 0. The average molecular weight is 288 g/mol. The van der Waals surface area contributed by atoms with Crippen molar-refractivity contribution < 1.29 is 15.0 Å². The number of carboxylic acids is 1. The zero-order chi connectivity index (χ0) is 15.5. The molecule has 20 heavy (non-hydrogen) atoms. The maximum absolute atomic E-state index is 10.3. The first-order valence-corrected chi connectivity index (χ1v) is 8.51. The van der Waals surface area contributed by atoms with E-state index in [9.17, 15) is 4.79 Å². The molecule has 0 rings (SSSR count). The van der Waals surface area contributed by atoms with Gasteiger partial charge in [0, 0.05) is 13.0 Å². The van der Waals surface area contributed by atoms with Crippen LogP contribution in [-0.2, 0) is 4.79 Å². The predicted molar refractivity (Wildman–Crippen MR) is 86.1 cm³/mol. The molecule has 0 heterocycles. The molecule has 2 N–H and O–H groups in total. The third-order valence-electron chi connectivity index (χ3n) is 3.22. The van der Waals surface area contributed by atoms with Gasteiger partial charge in [0.25, 0.3) is 0 Å². The summed E-state index contributed by atoms with van der Waals surface area (Å²) in [5.74, 6) is -0.657. The number of hydrogen-bond donors (Lipinski definition) is 2. The van der Waals surface area contributed by atoms with Gasteiger partial charge in [-0.25, -0.2) is 0 Å². The third-order valence-corrected chi connectivity index (χ3v) is 3.22. The topological polar surface area (TPSA) is 57.5 Å². The van der Waals surface area contributed by atoms with Crippen LogP contribution in [0.1, 0.15) is 97.3 Å². The van der Waals surface area contributed by atoms with E-state index in [2.05, 4.69) is 6.92 Å². The van der Waals surface area contributed by atoms with E-state index in [1.54, 1.807) is 0 Å². The highest BCUT2D eigenvalue weighted by Crippen LogP contribution is 2.11. The Morgan fingerprint density at radius 1 is 0.700 bits per heavy atom. The number of carboxylic acid groups (broad SMARTS) is 1. The van der Waals surface area contributed by atoms with E-state index in [0.29, 0.717) is 13.0 Å². The second-order valence-corrected chi connectivity index (χ2v) is 5.40. The van der Waals surface area contributed by atoms with Crippen molar-refractivity contribution in [1.29, 1.82) is 0 Å². The van der Waals surface area contributed by atoms with Gasteiger partial charge in [0.2, 0.25) is 0 Å². The molecule has 0 amide bonds. The van der Waals surface area contributed by atoms with Gasteiger partial charge in [-0.15, -0.1) is 0 Å². The lowest BCUT2D eigenvalue weighted by molar-refractivity contribution is -0.137. The van der Waals surface area contributed by atoms with Crippen LogP contribution in [0.5, 0.6) is 0 Å². The second-order valence-electron chi connectivity index (χ2n) is 5.40. The van der Waals surface area contributed by atoms with Crippen molar-refractivity contribution in [3.8, 4) is 0 Å². The van der Waals surface area contributed by atoms with Gasteiger partial charge < -0.3 is 10.2 Å². The fourth-order valence-electron chi connectivity index (χ4n) is 1.94. The Bertz CT molecular complexity index is 179. The molecule has 0 aliphatic carbocycles. The summed E-state index contributed by atoms with van der Waals surface area (Å²) in [4.78, 5) is 10.3. The first-order chi connectivity index (χ1) is 9.68. The van der Waals surface area contributed by atoms with Gasteiger partial charge in [-0.05, 0) is 12.8 Å². The monoisotopic (exact) mass is 288 g/mol. The van der Waals surface area contributed by atoms with Crippen LogP contribution in [0.15, 0.2) is 0 Å². The fraction of sp³-hybridized carbons (Fsp3) is 0.941. The average Bonchev–Trinajstić information content (AvgIpc) is 2.44. The van der Waals surface area contributed by atoms with Gasteiger partial charge in [-0.2, -0.15) is 0 Å². The normalized spacial score (nSPS) is 9.95. The molecule has 0 fully saturated rings. The van der Waals surface area contributed by atoms with Gasteiger partial charge >= 0.3 is 5.97 Å². The number of unbranched alkanes of at least 4 members (excludes halogenated alkanes) is 10. The summed E-state index contributed by atoms with van der Waals surface area (Å²) in [6.07, 6.45) is 15.2. The molecule has 0 spiro atoms. The fourth-order valence-corrected chi connectivity index (χ4v) is 1.94. The van der Waals surface area contributed by atoms with E-state index in [-0.39, 0.29) is 0 Å². The van der Waals surface area contributed by atoms with Gasteiger partial charge in [-0.3, -0.25) is 4.79 Å². The van der Waals surface area contributed by atoms with Crippen molar-refractivity contribution in [3.63, 3.8) is 0 Å². The molecule has 0 saturated heterocycles. The molecule has 3 nitrogen and oxygen atoms in total. The van der Waals surface area contributed by atoms with Crippen molar-refractivity contribution in [2.45, 2.75) is 97.3 Å². The number of aliphatic hydroxyl groups excluding tert-OH is 1. The lowest BCUT2D eigenvalue weighted by Gasteiger charge is -2.01. The standard InChI is InChI=1S/C14H28O2.C3H8O/c1-2-3-4-5-6-7-8-9-10-11-12-13-14(15)16;1-2-3-4/h2-13H2,1H3,(H,15,16);4H,2-3H2,1H3. The van der Waals surface area contributed by atoms with Gasteiger partial charge in [0.1, 0.15) is 0 Å². The molecule has 122 valence electrons. The minimum Gasteiger partial charge on any atom is -0.481 e. The minimum absolute atomic E-state index is 0.319. The van der Waals surface area contributed by atoms with Crippen LogP contribution < -0.4 is 0 Å². The Labute approximate surface area is 125 Å². The van der Waals surface area contributed by atoms with Crippen molar-refractivity contribution in [2.75, 3.05) is 6.61 Å². The first-order valence-electron chi connectivity index (χ1n) is 8.51. The SMILES string of the molecule is CCCCCCCCCCCCCC(=O)O.CCCO. The Hall–Kier alpha value is -0.570. The molecule has 3 heteroatoms. The molecular formula is C17H36O3. The van der Waals surface area contributed by atoms with Crippen LogP contribution in [0, 0.1) is 0 Å². The zero-order valence-corrected chi connectivity index (χ0v) is 13.7. The largest absolute Gasteiger partial charge is 0.481 e. The highest BCUT2D eigenvalue weighted by atomic mass is 16.4. The highest BCUT2D eigenvalue weighted by Gasteiger charge is 1.96. The van der Waals surface area contributed by atoms with Crippen molar-refractivity contribution >= 4 is 5.97 Å². The van der Waals surface area contributed by atoms with Gasteiger partial charge in [0.05, 0.1) is 0 Å². The molecule has 0 aliphatic heterocycles. The number of rotatable bonds is 13. The zero-order valence-electron chi connectivity index (χ0n) is 13.7. The summed E-state index contributed by atoms with van der Waals surface area (Å²) in [6.45, 7) is 4.50. The first kappa shape index (κ1) is 21.7. The Balaban J connectivity index is 0. The lowest BCUT2D eigenvalue weighted by atomic mass is 10.1. The van der Waals surface area contributed by atoms with Crippen LogP contribution in [0.4, 0.5) is 0 Å². The van der Waals surface area contributed by atoms with Crippen LogP contribution in [0.3, 0.4) is 0 Å². The second kappa shape index (κ2) is 20.7. The van der Waals surface area contributed by atoms with Crippen LogP contribution >= 0.6 is 0 Å². The molecule has 0 atom stereocenters. The molecule has 0 aliphatic rings. The Morgan fingerprint density at radius 2 is 1.05 bits per heavy atom. The molecule has 0 aromatic rings. The Morgan fingerprint density at radius 3 is 1.35 bits per heavy atom. The molecule has 0 bridgehead atoms. The molecule has 0 aromatic heterocycles. The summed E-state index contributed by atoms with van der Waals surface area (Å²) in [7, 11) is 0. The molecule has 0 aromatic carbocycles. The third kappa shape index (κ3) is 26.1. The lowest BCUT2D eigenvalue weighted by Crippen LogP contribution is -1.93. The molecule has 0 radical (unpaired) electrons.